The van der Waals surface area contributed by atoms with E-state index in [9.17, 15) is 4.79 Å². The number of nitrogens with zero attached hydrogens (tertiary/aromatic N) is 2. The van der Waals surface area contributed by atoms with Gasteiger partial charge in [0.15, 0.2) is 0 Å². The molecule has 1 amide bonds. The Bertz CT molecular complexity index is 308. The third-order valence-corrected chi connectivity index (χ3v) is 4.53. The summed E-state index contributed by atoms with van der Waals surface area (Å²) >= 11 is 0. The normalized spacial score (nSPS) is 25.2. The topological polar surface area (TPSA) is 58.8 Å². The van der Waals surface area contributed by atoms with Crippen molar-refractivity contribution >= 4 is 5.91 Å². The molecule has 2 aliphatic rings. The zero-order valence-electron chi connectivity index (χ0n) is 12.2. The molecular formula is C14H27N3O2. The van der Waals surface area contributed by atoms with Crippen LogP contribution in [0.1, 0.15) is 25.7 Å². The van der Waals surface area contributed by atoms with Crippen LogP contribution in [0.3, 0.4) is 0 Å². The van der Waals surface area contributed by atoms with Crippen LogP contribution in [0.25, 0.3) is 0 Å². The Kier molecular flexibility index (Phi) is 4.81. The summed E-state index contributed by atoms with van der Waals surface area (Å²) in [4.78, 5) is 16.7. The van der Waals surface area contributed by atoms with Gasteiger partial charge in [-0.25, -0.2) is 0 Å². The zero-order chi connectivity index (χ0) is 13.9. The lowest BCUT2D eigenvalue weighted by molar-refractivity contribution is -0.140. The number of amides is 1. The van der Waals surface area contributed by atoms with E-state index in [2.05, 4.69) is 11.9 Å². The smallest absolute Gasteiger partial charge is 0.242 e. The Balaban J connectivity index is 1.85. The number of hydrogen-bond acceptors (Lipinski definition) is 4. The van der Waals surface area contributed by atoms with Crippen LogP contribution in [0, 0.1) is 5.92 Å². The number of piperidine rings is 1. The Labute approximate surface area is 116 Å². The highest BCUT2D eigenvalue weighted by atomic mass is 16.5. The molecule has 0 radical (unpaired) electrons. The van der Waals surface area contributed by atoms with E-state index in [1.165, 1.54) is 12.8 Å². The molecule has 5 heteroatoms. The molecule has 2 fully saturated rings. The summed E-state index contributed by atoms with van der Waals surface area (Å²) in [5, 5.41) is 0. The van der Waals surface area contributed by atoms with Gasteiger partial charge in [-0.3, -0.25) is 4.79 Å². The van der Waals surface area contributed by atoms with E-state index in [4.69, 9.17) is 10.5 Å². The molecule has 2 N–H and O–H groups in total. The molecule has 0 aliphatic carbocycles. The standard InChI is InChI=1S/C14H27N3O2/c1-16-7-3-12(4-8-16)11-17(2)13(18)14(15)5-9-19-10-6-14/h12H,3-11,15H2,1-2H3. The summed E-state index contributed by atoms with van der Waals surface area (Å²) in [6, 6.07) is 0. The molecule has 0 unspecified atom stereocenters. The number of carbonyl (C=O) groups is 1. The molecule has 110 valence electrons. The van der Waals surface area contributed by atoms with Crippen molar-refractivity contribution in [1.82, 2.24) is 9.80 Å². The summed E-state index contributed by atoms with van der Waals surface area (Å²) in [5.41, 5.74) is 5.56. The van der Waals surface area contributed by atoms with Crippen LogP contribution in [0.5, 0.6) is 0 Å². The van der Waals surface area contributed by atoms with Crippen molar-refractivity contribution < 1.29 is 9.53 Å². The Morgan fingerprint density at radius 3 is 2.53 bits per heavy atom. The lowest BCUT2D eigenvalue weighted by Crippen LogP contribution is -2.58. The number of likely N-dealkylation sites (N-methyl/N-ethyl adjacent to an activating group) is 1. The van der Waals surface area contributed by atoms with Gasteiger partial charge in [0.1, 0.15) is 0 Å². The van der Waals surface area contributed by atoms with Gasteiger partial charge in [0.05, 0.1) is 5.54 Å². The quantitative estimate of drug-likeness (QED) is 0.800. The van der Waals surface area contributed by atoms with Crippen LogP contribution in [0.15, 0.2) is 0 Å². The van der Waals surface area contributed by atoms with E-state index in [0.717, 1.165) is 19.6 Å². The first kappa shape index (κ1) is 14.8. The molecule has 0 spiro atoms. The van der Waals surface area contributed by atoms with Crippen molar-refractivity contribution in [2.75, 3.05) is 46.9 Å². The van der Waals surface area contributed by atoms with Crippen molar-refractivity contribution in [2.24, 2.45) is 11.7 Å². The van der Waals surface area contributed by atoms with Gasteiger partial charge in [-0.15, -0.1) is 0 Å². The second kappa shape index (κ2) is 6.20. The highest BCUT2D eigenvalue weighted by Gasteiger charge is 2.38. The fourth-order valence-corrected chi connectivity index (χ4v) is 3.04. The zero-order valence-corrected chi connectivity index (χ0v) is 12.2. The average Bonchev–Trinajstić information content (AvgIpc) is 2.41. The number of rotatable bonds is 3. The van der Waals surface area contributed by atoms with Crippen molar-refractivity contribution in [3.63, 3.8) is 0 Å². The van der Waals surface area contributed by atoms with Gasteiger partial charge >= 0.3 is 0 Å². The number of likely N-dealkylation sites (tertiary alicyclic amines) is 1. The van der Waals surface area contributed by atoms with Gasteiger partial charge < -0.3 is 20.3 Å². The van der Waals surface area contributed by atoms with E-state index >= 15 is 0 Å². The van der Waals surface area contributed by atoms with E-state index in [-0.39, 0.29) is 5.91 Å². The molecule has 0 aromatic rings. The summed E-state index contributed by atoms with van der Waals surface area (Å²) < 4.78 is 5.30. The third kappa shape index (κ3) is 3.68. The fraction of sp³-hybridized carbons (Fsp3) is 0.929. The molecular weight excluding hydrogens is 242 g/mol. The van der Waals surface area contributed by atoms with Crippen LogP contribution in [-0.4, -0.2) is 68.2 Å². The molecule has 0 bridgehead atoms. The predicted octanol–water partition coefficient (Wildman–Crippen LogP) is 0.295. The van der Waals surface area contributed by atoms with Crippen LogP contribution < -0.4 is 5.73 Å². The van der Waals surface area contributed by atoms with Gasteiger partial charge in [0.2, 0.25) is 5.91 Å². The summed E-state index contributed by atoms with van der Waals surface area (Å²) in [5.74, 6) is 0.711. The van der Waals surface area contributed by atoms with Gasteiger partial charge in [0, 0.05) is 26.8 Å². The van der Waals surface area contributed by atoms with Crippen molar-refractivity contribution in [1.29, 1.82) is 0 Å². The first-order valence-corrected chi connectivity index (χ1v) is 7.32. The minimum Gasteiger partial charge on any atom is -0.381 e. The number of ether oxygens (including phenoxy) is 1. The molecule has 5 nitrogen and oxygen atoms in total. The molecule has 0 aromatic heterocycles. The summed E-state index contributed by atoms with van der Waals surface area (Å²) in [6.45, 7) is 4.31. The van der Waals surface area contributed by atoms with E-state index in [0.29, 0.717) is 32.0 Å². The van der Waals surface area contributed by atoms with Gasteiger partial charge in [-0.1, -0.05) is 0 Å². The summed E-state index contributed by atoms with van der Waals surface area (Å²) in [6.07, 6.45) is 3.64. The largest absolute Gasteiger partial charge is 0.381 e. The monoisotopic (exact) mass is 269 g/mol. The molecule has 2 saturated heterocycles. The fourth-order valence-electron chi connectivity index (χ4n) is 3.04. The minimum atomic E-state index is -0.696. The van der Waals surface area contributed by atoms with Crippen LogP contribution in [0.2, 0.25) is 0 Å². The lowest BCUT2D eigenvalue weighted by Gasteiger charge is -2.37. The average molecular weight is 269 g/mol. The Morgan fingerprint density at radius 1 is 1.37 bits per heavy atom. The number of carbonyl (C=O) groups excluding carboxylic acids is 1. The Hall–Kier alpha value is -0.650. The van der Waals surface area contributed by atoms with Gasteiger partial charge in [-0.2, -0.15) is 0 Å². The van der Waals surface area contributed by atoms with Crippen LogP contribution in [-0.2, 0) is 9.53 Å². The maximum Gasteiger partial charge on any atom is 0.242 e. The van der Waals surface area contributed by atoms with Crippen molar-refractivity contribution in [3.05, 3.63) is 0 Å². The predicted molar refractivity (Wildman–Crippen MR) is 74.8 cm³/mol. The van der Waals surface area contributed by atoms with E-state index in [1.54, 1.807) is 0 Å². The van der Waals surface area contributed by atoms with Crippen LogP contribution >= 0.6 is 0 Å². The highest BCUT2D eigenvalue weighted by molar-refractivity contribution is 5.86. The molecule has 0 atom stereocenters. The molecule has 19 heavy (non-hydrogen) atoms. The van der Waals surface area contributed by atoms with Gasteiger partial charge in [-0.05, 0) is 51.7 Å². The van der Waals surface area contributed by atoms with Gasteiger partial charge in [0.25, 0.3) is 0 Å². The van der Waals surface area contributed by atoms with Crippen molar-refractivity contribution in [3.8, 4) is 0 Å². The van der Waals surface area contributed by atoms with E-state index < -0.39 is 5.54 Å². The molecule has 0 aromatic carbocycles. The molecule has 2 rings (SSSR count). The second-order valence-electron chi connectivity index (χ2n) is 6.20. The second-order valence-corrected chi connectivity index (χ2v) is 6.20. The SMILES string of the molecule is CN1CCC(CN(C)C(=O)C2(N)CCOCC2)CC1. The summed E-state index contributed by atoms with van der Waals surface area (Å²) in [7, 11) is 4.05. The number of hydrogen-bond donors (Lipinski definition) is 1. The third-order valence-electron chi connectivity index (χ3n) is 4.53. The maximum atomic E-state index is 12.5. The number of nitrogens with two attached hydrogens (primary N) is 1. The maximum absolute atomic E-state index is 12.5. The van der Waals surface area contributed by atoms with E-state index in [1.807, 2.05) is 11.9 Å². The first-order valence-electron chi connectivity index (χ1n) is 7.32. The van der Waals surface area contributed by atoms with Crippen molar-refractivity contribution in [2.45, 2.75) is 31.2 Å². The molecule has 2 heterocycles. The first-order chi connectivity index (χ1) is 9.01. The highest BCUT2D eigenvalue weighted by Crippen LogP contribution is 2.22. The molecule has 2 aliphatic heterocycles. The molecule has 0 saturated carbocycles. The lowest BCUT2D eigenvalue weighted by atomic mass is 9.89. The Morgan fingerprint density at radius 2 is 1.95 bits per heavy atom. The minimum absolute atomic E-state index is 0.0923. The van der Waals surface area contributed by atoms with Crippen LogP contribution in [0.4, 0.5) is 0 Å².